The van der Waals surface area contributed by atoms with E-state index in [2.05, 4.69) is 41.0 Å². The minimum absolute atomic E-state index is 0.0326. The molecule has 4 rings (SSSR count). The number of carbonyl (C=O) groups excluding carboxylic acids is 2. The molecule has 2 saturated heterocycles. The molecule has 5 heteroatoms. The monoisotopic (exact) mass is 341 g/mol. The van der Waals surface area contributed by atoms with E-state index in [1.54, 1.807) is 4.90 Å². The van der Waals surface area contributed by atoms with Gasteiger partial charge >= 0.3 is 0 Å². The van der Waals surface area contributed by atoms with Gasteiger partial charge < -0.3 is 4.90 Å². The SMILES string of the molecule is Cc1cccc(N2CCN(CN3C(=O)[C@@H]4CCCC[C@H]4C3=O)CC2)c1. The number of fused-ring (bicyclic) bond motifs is 1. The second-order valence-electron chi connectivity index (χ2n) is 7.69. The Morgan fingerprint density at radius 3 is 2.20 bits per heavy atom. The van der Waals surface area contributed by atoms with Crippen LogP contribution in [0.1, 0.15) is 31.2 Å². The summed E-state index contributed by atoms with van der Waals surface area (Å²) in [5, 5.41) is 0. The Kier molecular flexibility index (Phi) is 4.50. The van der Waals surface area contributed by atoms with Gasteiger partial charge in [-0.25, -0.2) is 0 Å². The van der Waals surface area contributed by atoms with Crippen molar-refractivity contribution in [3.63, 3.8) is 0 Å². The number of aryl methyl sites for hydroxylation is 1. The lowest BCUT2D eigenvalue weighted by Crippen LogP contribution is -2.51. The summed E-state index contributed by atoms with van der Waals surface area (Å²) in [6, 6.07) is 8.58. The van der Waals surface area contributed by atoms with E-state index in [1.165, 1.54) is 11.3 Å². The maximum absolute atomic E-state index is 12.6. The third-order valence-corrected chi connectivity index (χ3v) is 6.01. The molecule has 0 radical (unpaired) electrons. The number of rotatable bonds is 3. The van der Waals surface area contributed by atoms with E-state index in [-0.39, 0.29) is 23.7 Å². The van der Waals surface area contributed by atoms with E-state index in [4.69, 9.17) is 0 Å². The van der Waals surface area contributed by atoms with Crippen LogP contribution in [0.15, 0.2) is 24.3 Å². The molecule has 3 fully saturated rings. The average Bonchev–Trinajstić information content (AvgIpc) is 2.88. The Hall–Kier alpha value is -1.88. The van der Waals surface area contributed by atoms with Gasteiger partial charge in [0.1, 0.15) is 0 Å². The smallest absolute Gasteiger partial charge is 0.234 e. The molecule has 0 bridgehead atoms. The summed E-state index contributed by atoms with van der Waals surface area (Å²) < 4.78 is 0. The highest BCUT2D eigenvalue weighted by atomic mass is 16.2. The number of amides is 2. The Balaban J connectivity index is 1.36. The number of hydrogen-bond donors (Lipinski definition) is 0. The highest BCUT2D eigenvalue weighted by Gasteiger charge is 2.48. The molecule has 25 heavy (non-hydrogen) atoms. The number of nitrogens with zero attached hydrogens (tertiary/aromatic N) is 3. The summed E-state index contributed by atoms with van der Waals surface area (Å²) >= 11 is 0. The molecule has 134 valence electrons. The topological polar surface area (TPSA) is 43.9 Å². The highest BCUT2D eigenvalue weighted by Crippen LogP contribution is 2.38. The summed E-state index contributed by atoms with van der Waals surface area (Å²) in [6.45, 7) is 6.25. The predicted molar refractivity (Wildman–Crippen MR) is 97.1 cm³/mol. The number of hydrogen-bond acceptors (Lipinski definition) is 4. The Labute approximate surface area is 149 Å². The van der Waals surface area contributed by atoms with Crippen molar-refractivity contribution in [3.05, 3.63) is 29.8 Å². The zero-order valence-electron chi connectivity index (χ0n) is 15.0. The van der Waals surface area contributed by atoms with Crippen molar-refractivity contribution in [2.75, 3.05) is 37.7 Å². The average molecular weight is 341 g/mol. The zero-order valence-corrected chi connectivity index (χ0v) is 15.0. The molecule has 5 nitrogen and oxygen atoms in total. The normalized spacial score (nSPS) is 27.7. The predicted octanol–water partition coefficient (Wildman–Crippen LogP) is 2.25. The van der Waals surface area contributed by atoms with Crippen LogP contribution in [0.2, 0.25) is 0 Å². The van der Waals surface area contributed by atoms with E-state index < -0.39 is 0 Å². The zero-order chi connectivity index (χ0) is 17.4. The van der Waals surface area contributed by atoms with Gasteiger partial charge in [0.2, 0.25) is 11.8 Å². The van der Waals surface area contributed by atoms with Gasteiger partial charge in [-0.15, -0.1) is 0 Å². The maximum atomic E-state index is 12.6. The van der Waals surface area contributed by atoms with E-state index in [0.29, 0.717) is 6.67 Å². The molecule has 0 unspecified atom stereocenters. The molecule has 1 saturated carbocycles. The fourth-order valence-electron chi connectivity index (χ4n) is 4.54. The van der Waals surface area contributed by atoms with E-state index in [0.717, 1.165) is 51.9 Å². The summed E-state index contributed by atoms with van der Waals surface area (Å²) in [5.74, 6) is 0.0938. The standard InChI is InChI=1S/C20H27N3O2/c1-15-5-4-6-16(13-15)22-11-9-21(10-12-22)14-23-19(24)17-7-2-3-8-18(17)20(23)25/h4-6,13,17-18H,2-3,7-12,14H2,1H3/t17-,18-/m1/s1. The van der Waals surface area contributed by atoms with Crippen molar-refractivity contribution < 1.29 is 9.59 Å². The van der Waals surface area contributed by atoms with Gasteiger partial charge in [-0.1, -0.05) is 25.0 Å². The Bertz CT molecular complexity index is 643. The van der Waals surface area contributed by atoms with E-state index in [1.807, 2.05) is 0 Å². The van der Waals surface area contributed by atoms with Gasteiger partial charge in [0, 0.05) is 31.9 Å². The number of piperazine rings is 1. The second-order valence-corrected chi connectivity index (χ2v) is 7.69. The van der Waals surface area contributed by atoms with Gasteiger partial charge in [0.15, 0.2) is 0 Å². The summed E-state index contributed by atoms with van der Waals surface area (Å²) in [4.78, 5) is 31.4. The molecular formula is C20H27N3O2. The van der Waals surface area contributed by atoms with Gasteiger partial charge in [-0.2, -0.15) is 0 Å². The lowest BCUT2D eigenvalue weighted by Gasteiger charge is -2.37. The minimum Gasteiger partial charge on any atom is -0.369 e. The van der Waals surface area contributed by atoms with Crippen LogP contribution in [0.3, 0.4) is 0 Å². The lowest BCUT2D eigenvalue weighted by atomic mass is 9.81. The first-order chi connectivity index (χ1) is 12.1. The molecule has 2 amide bonds. The molecule has 2 heterocycles. The number of likely N-dealkylation sites (tertiary alicyclic amines) is 1. The van der Waals surface area contributed by atoms with Crippen molar-refractivity contribution in [2.45, 2.75) is 32.6 Å². The maximum Gasteiger partial charge on any atom is 0.234 e. The third-order valence-electron chi connectivity index (χ3n) is 6.01. The van der Waals surface area contributed by atoms with Crippen LogP contribution >= 0.6 is 0 Å². The fourth-order valence-corrected chi connectivity index (χ4v) is 4.54. The highest BCUT2D eigenvalue weighted by molar-refractivity contribution is 6.05. The first-order valence-corrected chi connectivity index (χ1v) is 9.52. The molecule has 1 aromatic carbocycles. The quantitative estimate of drug-likeness (QED) is 0.791. The van der Waals surface area contributed by atoms with Crippen LogP contribution in [-0.2, 0) is 9.59 Å². The van der Waals surface area contributed by atoms with E-state index in [9.17, 15) is 9.59 Å². The first-order valence-electron chi connectivity index (χ1n) is 9.52. The Morgan fingerprint density at radius 2 is 1.60 bits per heavy atom. The number of benzene rings is 1. The van der Waals surface area contributed by atoms with Crippen LogP contribution in [0, 0.1) is 18.8 Å². The van der Waals surface area contributed by atoms with Gasteiger partial charge in [-0.3, -0.25) is 19.4 Å². The summed E-state index contributed by atoms with van der Waals surface area (Å²) in [5.41, 5.74) is 2.54. The third kappa shape index (κ3) is 3.17. The number of anilines is 1. The summed E-state index contributed by atoms with van der Waals surface area (Å²) in [7, 11) is 0. The number of imide groups is 1. The second kappa shape index (κ2) is 6.79. The largest absolute Gasteiger partial charge is 0.369 e. The van der Waals surface area contributed by atoms with Crippen LogP contribution in [-0.4, -0.2) is 54.5 Å². The molecule has 0 aromatic heterocycles. The summed E-state index contributed by atoms with van der Waals surface area (Å²) in [6.07, 6.45) is 3.96. The number of carbonyl (C=O) groups is 2. The van der Waals surface area contributed by atoms with Crippen molar-refractivity contribution in [2.24, 2.45) is 11.8 Å². The molecule has 0 N–H and O–H groups in total. The van der Waals surface area contributed by atoms with Crippen molar-refractivity contribution in [1.29, 1.82) is 0 Å². The van der Waals surface area contributed by atoms with Crippen molar-refractivity contribution >= 4 is 17.5 Å². The molecule has 2 aliphatic heterocycles. The molecule has 0 spiro atoms. The fraction of sp³-hybridized carbons (Fsp3) is 0.600. The molecule has 1 aliphatic carbocycles. The van der Waals surface area contributed by atoms with Crippen LogP contribution in [0.25, 0.3) is 0 Å². The van der Waals surface area contributed by atoms with Gasteiger partial charge in [0.05, 0.1) is 18.5 Å². The van der Waals surface area contributed by atoms with Gasteiger partial charge in [0.25, 0.3) is 0 Å². The van der Waals surface area contributed by atoms with Crippen LogP contribution < -0.4 is 4.90 Å². The molecule has 1 aromatic rings. The van der Waals surface area contributed by atoms with Crippen molar-refractivity contribution in [3.8, 4) is 0 Å². The van der Waals surface area contributed by atoms with Crippen molar-refractivity contribution in [1.82, 2.24) is 9.80 Å². The van der Waals surface area contributed by atoms with Crippen LogP contribution in [0.4, 0.5) is 5.69 Å². The van der Waals surface area contributed by atoms with Gasteiger partial charge in [-0.05, 0) is 37.5 Å². The van der Waals surface area contributed by atoms with E-state index >= 15 is 0 Å². The van der Waals surface area contributed by atoms with Crippen LogP contribution in [0.5, 0.6) is 0 Å². The molecule has 2 atom stereocenters. The first kappa shape index (κ1) is 16.6. The minimum atomic E-state index is -0.0326. The molecular weight excluding hydrogens is 314 g/mol. The molecule has 3 aliphatic rings. The Morgan fingerprint density at radius 1 is 0.960 bits per heavy atom. The lowest BCUT2D eigenvalue weighted by molar-refractivity contribution is -0.142.